The van der Waals surface area contributed by atoms with Crippen LogP contribution in [0.1, 0.15) is 27.2 Å². The molecule has 0 aromatic carbocycles. The van der Waals surface area contributed by atoms with Gasteiger partial charge in [0.05, 0.1) is 0 Å². The van der Waals surface area contributed by atoms with Crippen LogP contribution in [-0.2, 0) is 0 Å². The van der Waals surface area contributed by atoms with Crippen molar-refractivity contribution in [1.82, 2.24) is 0 Å². The molecule has 0 saturated carbocycles. The van der Waals surface area contributed by atoms with Crippen molar-refractivity contribution in [1.29, 1.82) is 0 Å². The molecule has 0 radical (unpaired) electrons. The Morgan fingerprint density at radius 2 is 1.92 bits per heavy atom. The highest BCUT2D eigenvalue weighted by molar-refractivity contribution is 5.11. The fraction of sp³-hybridized carbons (Fsp3) is 0.667. The van der Waals surface area contributed by atoms with E-state index in [0.717, 1.165) is 12.0 Å². The Balaban J connectivity index is 4.25. The molecule has 0 rings (SSSR count). The Bertz CT molecular complexity index is 170. The average Bonchev–Trinajstić information content (AvgIpc) is 2.11. The van der Waals surface area contributed by atoms with Crippen LogP contribution < -0.4 is 0 Å². The van der Waals surface area contributed by atoms with Gasteiger partial charge in [-0.15, -0.1) is 0 Å². The molecule has 0 saturated heterocycles. The second-order valence-corrected chi connectivity index (χ2v) is 4.13. The summed E-state index contributed by atoms with van der Waals surface area (Å²) in [4.78, 5) is 0. The van der Waals surface area contributed by atoms with E-state index < -0.39 is 0 Å². The molecule has 1 nitrogen and oxygen atoms in total. The summed E-state index contributed by atoms with van der Waals surface area (Å²) in [5, 5.41) is 9.08. The van der Waals surface area contributed by atoms with Gasteiger partial charge in [0.2, 0.25) is 0 Å². The molecule has 0 aliphatic carbocycles. The quantitative estimate of drug-likeness (QED) is 0.626. The summed E-state index contributed by atoms with van der Waals surface area (Å²) >= 11 is 0. The van der Waals surface area contributed by atoms with Crippen molar-refractivity contribution in [3.63, 3.8) is 0 Å². The van der Waals surface area contributed by atoms with Crippen LogP contribution >= 0.6 is 0 Å². The Morgan fingerprint density at radius 1 is 1.38 bits per heavy atom. The van der Waals surface area contributed by atoms with Gasteiger partial charge < -0.3 is 5.11 Å². The molecule has 1 N–H and O–H groups in total. The van der Waals surface area contributed by atoms with Crippen molar-refractivity contribution in [2.24, 2.45) is 17.8 Å². The number of aliphatic hydroxyl groups excluding tert-OH is 1. The smallest absolute Gasteiger partial charge is 0.0459 e. The van der Waals surface area contributed by atoms with Crippen molar-refractivity contribution >= 4 is 0 Å². The number of rotatable bonds is 6. The van der Waals surface area contributed by atoms with Crippen LogP contribution in [0.3, 0.4) is 0 Å². The second kappa shape index (κ2) is 5.98. The van der Waals surface area contributed by atoms with E-state index in [4.69, 9.17) is 5.11 Å². The lowest BCUT2D eigenvalue weighted by Crippen LogP contribution is -2.21. The van der Waals surface area contributed by atoms with Crippen LogP contribution in [0.25, 0.3) is 0 Å². The van der Waals surface area contributed by atoms with E-state index in [1.54, 1.807) is 6.08 Å². The first kappa shape index (κ1) is 12.4. The number of hydrogen-bond acceptors (Lipinski definition) is 1. The normalized spacial score (nSPS) is 15.5. The molecule has 13 heavy (non-hydrogen) atoms. The molecule has 1 heteroatoms. The molecule has 0 heterocycles. The Hall–Kier alpha value is -0.560. The van der Waals surface area contributed by atoms with Gasteiger partial charge in [-0.2, -0.15) is 0 Å². The van der Waals surface area contributed by atoms with Crippen molar-refractivity contribution in [3.8, 4) is 0 Å². The van der Waals surface area contributed by atoms with Crippen LogP contribution in [0.2, 0.25) is 0 Å². The highest BCUT2D eigenvalue weighted by Crippen LogP contribution is 2.27. The minimum Gasteiger partial charge on any atom is -0.396 e. The molecule has 0 fully saturated rings. The lowest BCUT2D eigenvalue weighted by Gasteiger charge is -2.26. The van der Waals surface area contributed by atoms with E-state index in [9.17, 15) is 0 Å². The zero-order chi connectivity index (χ0) is 10.4. The Morgan fingerprint density at radius 3 is 2.23 bits per heavy atom. The van der Waals surface area contributed by atoms with Gasteiger partial charge in [-0.25, -0.2) is 0 Å². The maximum absolute atomic E-state index is 9.08. The third kappa shape index (κ3) is 4.28. The minimum absolute atomic E-state index is 0.257. The fourth-order valence-electron chi connectivity index (χ4n) is 1.62. The van der Waals surface area contributed by atoms with E-state index in [1.165, 1.54) is 0 Å². The summed E-state index contributed by atoms with van der Waals surface area (Å²) in [5.41, 5.74) is 1.07. The third-order valence-corrected chi connectivity index (χ3v) is 2.66. The van der Waals surface area contributed by atoms with Crippen LogP contribution in [0.4, 0.5) is 0 Å². The molecule has 2 atom stereocenters. The van der Waals surface area contributed by atoms with Gasteiger partial charge >= 0.3 is 0 Å². The van der Waals surface area contributed by atoms with E-state index >= 15 is 0 Å². The van der Waals surface area contributed by atoms with Crippen LogP contribution in [0, 0.1) is 17.8 Å². The zero-order valence-corrected chi connectivity index (χ0v) is 9.09. The molecule has 0 spiro atoms. The molecular formula is C12H22O. The summed E-state index contributed by atoms with van der Waals surface area (Å²) in [6, 6.07) is 0. The van der Waals surface area contributed by atoms with Crippen molar-refractivity contribution < 1.29 is 5.11 Å². The van der Waals surface area contributed by atoms with E-state index in [-0.39, 0.29) is 6.61 Å². The van der Waals surface area contributed by atoms with Gasteiger partial charge in [-0.05, 0) is 24.2 Å². The summed E-state index contributed by atoms with van der Waals surface area (Å²) in [5.74, 6) is 1.44. The van der Waals surface area contributed by atoms with Gasteiger partial charge in [-0.3, -0.25) is 0 Å². The number of hydrogen-bond donors (Lipinski definition) is 1. The molecule has 0 amide bonds. The number of allylic oxidation sites excluding steroid dienone is 2. The van der Waals surface area contributed by atoms with Crippen LogP contribution in [0.15, 0.2) is 24.8 Å². The summed E-state index contributed by atoms with van der Waals surface area (Å²) in [6.07, 6.45) is 2.75. The number of aliphatic hydroxyl groups is 1. The minimum atomic E-state index is 0.257. The second-order valence-electron chi connectivity index (χ2n) is 4.13. The molecule has 76 valence electrons. The molecule has 0 aromatic heterocycles. The summed E-state index contributed by atoms with van der Waals surface area (Å²) in [6.45, 7) is 14.3. The van der Waals surface area contributed by atoms with Gasteiger partial charge in [0.1, 0.15) is 0 Å². The molecule has 0 aliphatic rings. The molecule has 0 aliphatic heterocycles. The molecule has 0 aromatic rings. The van der Waals surface area contributed by atoms with Gasteiger partial charge in [-0.1, -0.05) is 45.6 Å². The van der Waals surface area contributed by atoms with Crippen LogP contribution in [-0.4, -0.2) is 11.7 Å². The Kier molecular flexibility index (Phi) is 5.72. The van der Waals surface area contributed by atoms with Crippen molar-refractivity contribution in [2.45, 2.75) is 27.2 Å². The molecular weight excluding hydrogens is 160 g/mol. The largest absolute Gasteiger partial charge is 0.396 e. The van der Waals surface area contributed by atoms with Crippen molar-refractivity contribution in [2.75, 3.05) is 6.61 Å². The van der Waals surface area contributed by atoms with Gasteiger partial charge in [0, 0.05) is 6.61 Å². The average molecular weight is 182 g/mol. The standard InChI is InChI=1S/C12H22O/c1-6-10(4)7-12(9(2)3)11(5)8-13/h6,9,11-13H,1,4,7-8H2,2-3,5H3. The predicted molar refractivity (Wildman–Crippen MR) is 58.5 cm³/mol. The fourth-order valence-corrected chi connectivity index (χ4v) is 1.62. The monoisotopic (exact) mass is 182 g/mol. The molecule has 2 unspecified atom stereocenters. The first-order valence-electron chi connectivity index (χ1n) is 4.94. The SMILES string of the molecule is C=CC(=C)CC(C(C)C)C(C)CO. The van der Waals surface area contributed by atoms with E-state index in [0.29, 0.717) is 17.8 Å². The lowest BCUT2D eigenvalue weighted by molar-refractivity contribution is 0.159. The Labute approximate surface area is 82.2 Å². The lowest BCUT2D eigenvalue weighted by atomic mass is 9.80. The van der Waals surface area contributed by atoms with E-state index in [2.05, 4.69) is 33.9 Å². The highest BCUT2D eigenvalue weighted by Gasteiger charge is 2.20. The first-order chi connectivity index (χ1) is 6.02. The highest BCUT2D eigenvalue weighted by atomic mass is 16.3. The van der Waals surface area contributed by atoms with E-state index in [1.807, 2.05) is 0 Å². The predicted octanol–water partition coefficient (Wildman–Crippen LogP) is 3.02. The third-order valence-electron chi connectivity index (χ3n) is 2.66. The van der Waals surface area contributed by atoms with Crippen LogP contribution in [0.5, 0.6) is 0 Å². The maximum atomic E-state index is 9.08. The topological polar surface area (TPSA) is 20.2 Å². The first-order valence-corrected chi connectivity index (χ1v) is 4.94. The summed E-state index contributed by atoms with van der Waals surface area (Å²) in [7, 11) is 0. The van der Waals surface area contributed by atoms with Gasteiger partial charge in [0.25, 0.3) is 0 Å². The maximum Gasteiger partial charge on any atom is 0.0459 e. The van der Waals surface area contributed by atoms with Gasteiger partial charge in [0.15, 0.2) is 0 Å². The zero-order valence-electron chi connectivity index (χ0n) is 9.09. The molecule has 0 bridgehead atoms. The summed E-state index contributed by atoms with van der Waals surface area (Å²) < 4.78 is 0. The van der Waals surface area contributed by atoms with Crippen molar-refractivity contribution in [3.05, 3.63) is 24.8 Å².